The van der Waals surface area contributed by atoms with Crippen molar-refractivity contribution in [2.24, 2.45) is 0 Å². The predicted molar refractivity (Wildman–Crippen MR) is 260 cm³/mol. The summed E-state index contributed by atoms with van der Waals surface area (Å²) in [5, 5.41) is 26.7. The number of nitrogens with zero attached hydrogens (tertiary/aromatic N) is 4. The molecule has 2 aromatic heterocycles. The van der Waals surface area contributed by atoms with E-state index in [1.54, 1.807) is 40.4 Å². The Morgan fingerprint density at radius 1 is 0.971 bits per heavy atom. The van der Waals surface area contributed by atoms with Crippen molar-refractivity contribution in [3.63, 3.8) is 0 Å². The van der Waals surface area contributed by atoms with Gasteiger partial charge in [-0.25, -0.2) is 18.0 Å². The van der Waals surface area contributed by atoms with Gasteiger partial charge in [0.25, 0.3) is 11.9 Å². The highest BCUT2D eigenvalue weighted by atomic mass is 32.2. The minimum Gasteiger partial charge on any atom is -0.480 e. The number of ether oxygens (including phenoxy) is 1. The number of imide groups is 1. The van der Waals surface area contributed by atoms with Crippen molar-refractivity contribution in [2.45, 2.75) is 88.6 Å². The zero-order chi connectivity index (χ0) is 48.5. The molecule has 2 atom stereocenters. The van der Waals surface area contributed by atoms with Crippen LogP contribution in [0, 0.1) is 6.92 Å². The highest BCUT2D eigenvalue weighted by Gasteiger charge is 2.43. The van der Waals surface area contributed by atoms with Crippen molar-refractivity contribution in [1.82, 2.24) is 14.6 Å². The molecule has 358 valence electrons. The zero-order valence-electron chi connectivity index (χ0n) is 38.1. The van der Waals surface area contributed by atoms with Gasteiger partial charge in [-0.05, 0) is 117 Å². The first-order valence-electron chi connectivity index (χ1n) is 22.9. The van der Waals surface area contributed by atoms with E-state index in [-0.39, 0.29) is 53.0 Å². The first kappa shape index (κ1) is 45.9. The first-order chi connectivity index (χ1) is 33.0. The fourth-order valence-electron chi connectivity index (χ4n) is 10.7. The van der Waals surface area contributed by atoms with E-state index < -0.39 is 46.1 Å². The van der Waals surface area contributed by atoms with Crippen molar-refractivity contribution in [2.75, 3.05) is 41.4 Å². The van der Waals surface area contributed by atoms with Gasteiger partial charge in [0, 0.05) is 64.7 Å². The Balaban J connectivity index is 0.778. The molecule has 69 heavy (non-hydrogen) atoms. The molecule has 0 radical (unpaired) electrons. The Labute approximate surface area is 401 Å². The lowest BCUT2D eigenvalue weighted by molar-refractivity contribution is -0.139. The lowest BCUT2D eigenvalue weighted by Gasteiger charge is -2.45. The van der Waals surface area contributed by atoms with Gasteiger partial charge in [-0.3, -0.25) is 24.6 Å². The van der Waals surface area contributed by atoms with Crippen LogP contribution >= 0.6 is 11.3 Å². The van der Waals surface area contributed by atoms with E-state index in [1.165, 1.54) is 0 Å². The van der Waals surface area contributed by atoms with Gasteiger partial charge in [0.1, 0.15) is 17.3 Å². The number of fused-ring (bicyclic) bond motifs is 1. The molecule has 0 bridgehead atoms. The summed E-state index contributed by atoms with van der Waals surface area (Å²) in [5.41, 5.74) is 5.45. The Bertz CT molecular complexity index is 3230. The Morgan fingerprint density at radius 3 is 2.49 bits per heavy atom. The number of oxazole rings is 1. The fraction of sp³-hybridized carbons (Fsp3) is 0.360. The number of piperidine rings is 3. The monoisotopic (exact) mass is 974 g/mol. The summed E-state index contributed by atoms with van der Waals surface area (Å²) in [6.45, 7) is 6.53. The van der Waals surface area contributed by atoms with E-state index in [0.717, 1.165) is 51.8 Å². The fourth-order valence-corrected chi connectivity index (χ4v) is 13.8. The van der Waals surface area contributed by atoms with E-state index in [1.807, 2.05) is 56.3 Å². The number of carbonyl (C=O) groups is 5. The van der Waals surface area contributed by atoms with Gasteiger partial charge in [-0.15, -0.1) is 11.3 Å². The van der Waals surface area contributed by atoms with Crippen LogP contribution in [0.1, 0.15) is 95.0 Å². The highest BCUT2D eigenvalue weighted by molar-refractivity contribution is 7.88. The molecule has 3 amide bonds. The van der Waals surface area contributed by atoms with Gasteiger partial charge in [-0.1, -0.05) is 36.4 Å². The van der Waals surface area contributed by atoms with E-state index in [9.17, 15) is 37.5 Å². The third-order valence-electron chi connectivity index (χ3n) is 13.8. The average molecular weight is 975 g/mol. The summed E-state index contributed by atoms with van der Waals surface area (Å²) in [7, 11) is -3.77. The molecule has 3 saturated heterocycles. The predicted octanol–water partition coefficient (Wildman–Crippen LogP) is 7.51. The largest absolute Gasteiger partial charge is 0.480 e. The number of amides is 3. The maximum atomic E-state index is 14.1. The highest BCUT2D eigenvalue weighted by Crippen LogP contribution is 2.45. The van der Waals surface area contributed by atoms with Gasteiger partial charge in [0.2, 0.25) is 21.8 Å². The molecule has 0 spiro atoms. The molecule has 4 aliphatic rings. The number of benzene rings is 4. The normalized spacial score (nSPS) is 19.9. The van der Waals surface area contributed by atoms with Crippen molar-refractivity contribution >= 4 is 90.3 Å². The number of aromatic carboxylic acids is 1. The number of rotatable bonds is 13. The minimum atomic E-state index is -3.77. The summed E-state index contributed by atoms with van der Waals surface area (Å²) in [4.78, 5) is 70.5. The van der Waals surface area contributed by atoms with Gasteiger partial charge >= 0.3 is 11.9 Å². The summed E-state index contributed by atoms with van der Waals surface area (Å²) in [6.07, 6.45) is 3.14. The number of anilines is 3. The molecule has 4 N–H and O–H groups in total. The third-order valence-corrected chi connectivity index (χ3v) is 17.2. The van der Waals surface area contributed by atoms with Crippen LogP contribution in [-0.2, 0) is 30.2 Å². The van der Waals surface area contributed by atoms with Crippen molar-refractivity contribution < 1.29 is 51.8 Å². The molecule has 17 nitrogen and oxygen atoms in total. The Hall–Kier alpha value is -6.83. The van der Waals surface area contributed by atoms with E-state index in [4.69, 9.17) is 19.2 Å². The maximum Gasteiger partial charge on any atom is 0.349 e. The maximum absolute atomic E-state index is 14.1. The average Bonchev–Trinajstić information content (AvgIpc) is 3.97. The number of sulfonamides is 1. The third kappa shape index (κ3) is 8.56. The number of carboxylic acids is 2. The molecule has 4 aliphatic heterocycles. The molecule has 6 aromatic rings. The Kier molecular flexibility index (Phi) is 11.7. The SMILES string of the molecule is Cc1c(-c2cccc(NC3CCN(S(=O)(=O)Cc4ccc5oc(N6CCC(c7ccc8c9c(cccc79)C(=O)N8C7CCC(=O)NC7=O)CC6)nc5c4)C(C)(C)C3)c2)sc(C(=O)O)c1OCC(=O)O. The van der Waals surface area contributed by atoms with Crippen LogP contribution in [0.5, 0.6) is 5.75 Å². The van der Waals surface area contributed by atoms with E-state index in [0.29, 0.717) is 76.8 Å². The molecular formula is C50H50N6O11S2. The lowest BCUT2D eigenvalue weighted by atomic mass is 9.85. The standard InChI is InChI=1S/C50H50N6O11S2/c1-27-43(66-25-41(58)59)45(48(62)63)68-44(27)30-6-4-7-31(23-30)51-32-18-21-55(50(2,3)24-32)69(64,65)26-28-10-14-39-36(22-28)52-49(67-39)54-19-16-29(17-20-54)33-11-12-37-42-34(33)8-5-9-35(42)47(61)56(37)38-13-15-40(57)53-46(38)60/h4-12,14,22-23,29,32,38,51H,13,15-21,24-26H2,1-3H3,(H,58,59)(H,62,63)(H,53,57,60). The summed E-state index contributed by atoms with van der Waals surface area (Å²) >= 11 is 1.02. The van der Waals surface area contributed by atoms with Crippen LogP contribution in [0.3, 0.4) is 0 Å². The first-order valence-corrected chi connectivity index (χ1v) is 25.3. The number of aromatic nitrogens is 1. The molecule has 6 heterocycles. The van der Waals surface area contributed by atoms with Crippen LogP contribution in [-0.4, -0.2) is 101 Å². The number of hydrogen-bond acceptors (Lipinski definition) is 13. The second-order valence-corrected chi connectivity index (χ2v) is 21.8. The molecule has 10 rings (SSSR count). The van der Waals surface area contributed by atoms with Crippen LogP contribution in [0.4, 0.5) is 17.4 Å². The van der Waals surface area contributed by atoms with Crippen LogP contribution in [0.15, 0.2) is 77.2 Å². The zero-order valence-corrected chi connectivity index (χ0v) is 39.7. The molecule has 0 aliphatic carbocycles. The second-order valence-electron chi connectivity index (χ2n) is 18.9. The van der Waals surface area contributed by atoms with Crippen molar-refractivity contribution in [3.8, 4) is 16.2 Å². The van der Waals surface area contributed by atoms with Crippen molar-refractivity contribution in [1.29, 1.82) is 0 Å². The number of thiophene rings is 1. The molecular weight excluding hydrogens is 925 g/mol. The molecule has 4 aromatic carbocycles. The molecule has 2 unspecified atom stereocenters. The van der Waals surface area contributed by atoms with Gasteiger partial charge in [-0.2, -0.15) is 9.29 Å². The molecule has 0 saturated carbocycles. The van der Waals surface area contributed by atoms with Crippen LogP contribution in [0.2, 0.25) is 0 Å². The van der Waals surface area contributed by atoms with Gasteiger partial charge in [0.15, 0.2) is 17.1 Å². The lowest BCUT2D eigenvalue weighted by Crippen LogP contribution is -2.55. The number of aliphatic carboxylic acids is 1. The van der Waals surface area contributed by atoms with E-state index in [2.05, 4.69) is 21.6 Å². The number of hydrogen-bond donors (Lipinski definition) is 4. The quantitative estimate of drug-likeness (QED) is 0.0822. The Morgan fingerprint density at radius 2 is 1.75 bits per heavy atom. The van der Waals surface area contributed by atoms with Gasteiger partial charge in [0.05, 0.1) is 11.4 Å². The summed E-state index contributed by atoms with van der Waals surface area (Å²) < 4.78 is 41.5. The second kappa shape index (κ2) is 17.6. The number of carbonyl (C=O) groups excluding carboxylic acids is 3. The van der Waals surface area contributed by atoms with E-state index >= 15 is 0 Å². The van der Waals surface area contributed by atoms with Gasteiger partial charge < -0.3 is 29.6 Å². The summed E-state index contributed by atoms with van der Waals surface area (Å²) in [6, 6.07) is 22.2. The molecule has 19 heteroatoms. The number of nitrogens with one attached hydrogen (secondary N) is 2. The minimum absolute atomic E-state index is 0.0364. The van der Waals surface area contributed by atoms with Crippen LogP contribution in [0.25, 0.3) is 32.3 Å². The summed E-state index contributed by atoms with van der Waals surface area (Å²) in [5.74, 6) is -3.41. The smallest absolute Gasteiger partial charge is 0.349 e. The molecule has 3 fully saturated rings. The number of carboxylic acid groups (broad SMARTS) is 2. The van der Waals surface area contributed by atoms with Crippen LogP contribution < -0.4 is 25.2 Å². The van der Waals surface area contributed by atoms with Crippen molar-refractivity contribution in [3.05, 3.63) is 99.9 Å². The topological polar surface area (TPSA) is 229 Å².